The van der Waals surface area contributed by atoms with Crippen molar-refractivity contribution in [3.05, 3.63) is 41.5 Å². The Bertz CT molecular complexity index is 296. The molecule has 0 fully saturated rings. The number of carbonyl (C=O) groups excluding carboxylic acids is 1. The van der Waals surface area contributed by atoms with Gasteiger partial charge in [0.1, 0.15) is 6.29 Å². The first-order valence-electron chi connectivity index (χ1n) is 5.07. The monoisotopic (exact) mass is 188 g/mol. The Morgan fingerprint density at radius 1 is 1.21 bits per heavy atom. The summed E-state index contributed by atoms with van der Waals surface area (Å²) in [6.07, 6.45) is 7.74. The van der Waals surface area contributed by atoms with E-state index in [1.807, 2.05) is 18.2 Å². The maximum absolute atomic E-state index is 10.1. The van der Waals surface area contributed by atoms with Crippen molar-refractivity contribution >= 4 is 12.4 Å². The largest absolute Gasteiger partial charge is 0.299 e. The third kappa shape index (κ3) is 3.56. The molecule has 1 nitrogen and oxygen atoms in total. The number of hydrogen-bond donors (Lipinski definition) is 0. The summed E-state index contributed by atoms with van der Waals surface area (Å²) < 4.78 is 0. The molecule has 0 unspecified atom stereocenters. The van der Waals surface area contributed by atoms with Crippen molar-refractivity contribution in [1.29, 1.82) is 0 Å². The molecule has 1 heteroatoms. The molecule has 0 amide bonds. The van der Waals surface area contributed by atoms with E-state index in [0.717, 1.165) is 18.3 Å². The molecule has 0 radical (unpaired) electrons. The molecule has 0 saturated carbocycles. The van der Waals surface area contributed by atoms with Gasteiger partial charge in [-0.1, -0.05) is 43.7 Å². The molecule has 0 aliphatic rings. The molecule has 0 heterocycles. The number of aldehydes is 1. The van der Waals surface area contributed by atoms with E-state index in [9.17, 15) is 4.79 Å². The van der Waals surface area contributed by atoms with Crippen LogP contribution in [0.25, 0.3) is 6.08 Å². The summed E-state index contributed by atoms with van der Waals surface area (Å²) in [7, 11) is 0. The van der Waals surface area contributed by atoms with Crippen LogP contribution in [0.1, 0.15) is 30.9 Å². The minimum absolute atomic E-state index is 0.797. The summed E-state index contributed by atoms with van der Waals surface area (Å²) in [5.74, 6) is 0. The lowest BCUT2D eigenvalue weighted by Gasteiger charge is -1.99. The van der Waals surface area contributed by atoms with Crippen LogP contribution in [0.15, 0.2) is 30.3 Å². The first kappa shape index (κ1) is 10.7. The topological polar surface area (TPSA) is 17.1 Å². The number of rotatable bonds is 5. The van der Waals surface area contributed by atoms with Gasteiger partial charge in [0.25, 0.3) is 0 Å². The van der Waals surface area contributed by atoms with Gasteiger partial charge in [0.15, 0.2) is 0 Å². The lowest BCUT2D eigenvalue weighted by molar-refractivity contribution is -0.104. The van der Waals surface area contributed by atoms with Crippen molar-refractivity contribution in [3.8, 4) is 0 Å². The normalized spacial score (nSPS) is 10.6. The van der Waals surface area contributed by atoms with Crippen LogP contribution >= 0.6 is 0 Å². The van der Waals surface area contributed by atoms with Crippen molar-refractivity contribution < 1.29 is 4.79 Å². The second-order valence-corrected chi connectivity index (χ2v) is 3.34. The lowest BCUT2D eigenvalue weighted by Crippen LogP contribution is -1.84. The van der Waals surface area contributed by atoms with Crippen molar-refractivity contribution in [2.24, 2.45) is 0 Å². The number of carbonyl (C=O) groups is 1. The molecule has 0 aliphatic heterocycles. The van der Waals surface area contributed by atoms with Crippen LogP contribution in [-0.4, -0.2) is 6.29 Å². The molecule has 0 aliphatic carbocycles. The van der Waals surface area contributed by atoms with E-state index >= 15 is 0 Å². The Morgan fingerprint density at radius 2 is 1.93 bits per heavy atom. The van der Waals surface area contributed by atoms with E-state index in [4.69, 9.17) is 0 Å². The summed E-state index contributed by atoms with van der Waals surface area (Å²) in [6.45, 7) is 2.20. The molecular formula is C13H16O. The lowest BCUT2D eigenvalue weighted by atomic mass is 10.1. The smallest absolute Gasteiger partial charge is 0.142 e. The molecule has 0 bridgehead atoms. The number of hydrogen-bond acceptors (Lipinski definition) is 1. The van der Waals surface area contributed by atoms with E-state index in [0.29, 0.717) is 0 Å². The van der Waals surface area contributed by atoms with Crippen molar-refractivity contribution in [2.45, 2.75) is 26.2 Å². The van der Waals surface area contributed by atoms with Gasteiger partial charge in [0, 0.05) is 0 Å². The van der Waals surface area contributed by atoms with Crippen molar-refractivity contribution in [3.63, 3.8) is 0 Å². The Morgan fingerprint density at radius 3 is 2.50 bits per heavy atom. The second-order valence-electron chi connectivity index (χ2n) is 3.34. The summed E-state index contributed by atoms with van der Waals surface area (Å²) in [6, 6.07) is 8.34. The molecule has 1 aromatic carbocycles. The van der Waals surface area contributed by atoms with Crippen LogP contribution in [0.3, 0.4) is 0 Å². The van der Waals surface area contributed by atoms with Gasteiger partial charge in [0.05, 0.1) is 0 Å². The number of allylic oxidation sites excluding steroid dienone is 1. The van der Waals surface area contributed by atoms with E-state index < -0.39 is 0 Å². The zero-order valence-corrected chi connectivity index (χ0v) is 8.57. The Hall–Kier alpha value is -1.37. The van der Waals surface area contributed by atoms with Crippen LogP contribution < -0.4 is 0 Å². The molecule has 0 aromatic heterocycles. The summed E-state index contributed by atoms with van der Waals surface area (Å²) >= 11 is 0. The molecule has 0 N–H and O–H groups in total. The van der Waals surface area contributed by atoms with Gasteiger partial charge in [-0.3, -0.25) is 4.79 Å². The zero-order valence-electron chi connectivity index (χ0n) is 8.57. The van der Waals surface area contributed by atoms with Gasteiger partial charge in [-0.15, -0.1) is 0 Å². The molecule has 0 saturated heterocycles. The molecule has 0 atom stereocenters. The fraction of sp³-hybridized carbons (Fsp3) is 0.308. The maximum Gasteiger partial charge on any atom is 0.142 e. The van der Waals surface area contributed by atoms with Gasteiger partial charge in [-0.25, -0.2) is 0 Å². The van der Waals surface area contributed by atoms with Crippen LogP contribution in [0, 0.1) is 0 Å². The summed E-state index contributed by atoms with van der Waals surface area (Å²) in [5.41, 5.74) is 2.45. The Labute approximate surface area is 85.5 Å². The van der Waals surface area contributed by atoms with Crippen LogP contribution in [0.5, 0.6) is 0 Å². The fourth-order valence-electron chi connectivity index (χ4n) is 1.33. The highest BCUT2D eigenvalue weighted by molar-refractivity contribution is 5.73. The number of unbranched alkanes of at least 4 members (excludes halogenated alkanes) is 1. The van der Waals surface area contributed by atoms with E-state index in [-0.39, 0.29) is 0 Å². The highest BCUT2D eigenvalue weighted by atomic mass is 16.1. The summed E-state index contributed by atoms with van der Waals surface area (Å²) in [5, 5.41) is 0. The minimum Gasteiger partial charge on any atom is -0.299 e. The number of aryl methyl sites for hydroxylation is 1. The van der Waals surface area contributed by atoms with Crippen LogP contribution in [0.4, 0.5) is 0 Å². The van der Waals surface area contributed by atoms with Gasteiger partial charge >= 0.3 is 0 Å². The maximum atomic E-state index is 10.1. The van der Waals surface area contributed by atoms with Crippen LogP contribution in [0.2, 0.25) is 0 Å². The molecule has 74 valence electrons. The quantitative estimate of drug-likeness (QED) is 0.512. The van der Waals surface area contributed by atoms with Gasteiger partial charge in [-0.05, 0) is 30.0 Å². The molecule has 0 spiro atoms. The summed E-state index contributed by atoms with van der Waals surface area (Å²) in [4.78, 5) is 10.1. The van der Waals surface area contributed by atoms with Crippen LogP contribution in [-0.2, 0) is 11.2 Å². The Kier molecular flexibility index (Phi) is 4.70. The van der Waals surface area contributed by atoms with E-state index in [2.05, 4.69) is 19.1 Å². The van der Waals surface area contributed by atoms with Crippen molar-refractivity contribution in [2.75, 3.05) is 0 Å². The Balaban J connectivity index is 2.59. The predicted molar refractivity (Wildman–Crippen MR) is 60.2 cm³/mol. The molecule has 1 rings (SSSR count). The van der Waals surface area contributed by atoms with Gasteiger partial charge < -0.3 is 0 Å². The molecular weight excluding hydrogens is 172 g/mol. The third-order valence-corrected chi connectivity index (χ3v) is 2.17. The first-order valence-corrected chi connectivity index (χ1v) is 5.07. The van der Waals surface area contributed by atoms with E-state index in [1.54, 1.807) is 0 Å². The van der Waals surface area contributed by atoms with Gasteiger partial charge in [-0.2, -0.15) is 0 Å². The SMILES string of the molecule is CCCCc1ccc(/C=C/C=O)cc1. The van der Waals surface area contributed by atoms with Gasteiger partial charge in [0.2, 0.25) is 0 Å². The molecule has 1 aromatic rings. The second kappa shape index (κ2) is 6.14. The molecule has 14 heavy (non-hydrogen) atoms. The average molecular weight is 188 g/mol. The minimum atomic E-state index is 0.797. The standard InChI is InChI=1S/C13H16O/c1-2-3-5-12-7-9-13(10-8-12)6-4-11-14/h4,6-11H,2-3,5H2,1H3/b6-4+. The zero-order chi connectivity index (χ0) is 10.2. The predicted octanol–water partition coefficient (Wildman–Crippen LogP) is 3.24. The van der Waals surface area contributed by atoms with Crippen molar-refractivity contribution in [1.82, 2.24) is 0 Å². The highest BCUT2D eigenvalue weighted by Gasteiger charge is 1.91. The fourth-order valence-corrected chi connectivity index (χ4v) is 1.33. The first-order chi connectivity index (χ1) is 6.86. The third-order valence-electron chi connectivity index (χ3n) is 2.17. The number of benzene rings is 1. The average Bonchev–Trinajstić information content (AvgIpc) is 2.25. The highest BCUT2D eigenvalue weighted by Crippen LogP contribution is 2.08. The van der Waals surface area contributed by atoms with E-state index in [1.165, 1.54) is 24.5 Å².